The Morgan fingerprint density at radius 2 is 2.00 bits per heavy atom. The second-order valence-corrected chi connectivity index (χ2v) is 6.94. The average molecular weight is 356 g/mol. The molecule has 0 radical (unpaired) electrons. The van der Waals surface area contributed by atoms with Crippen molar-refractivity contribution in [2.75, 3.05) is 13.1 Å². The lowest BCUT2D eigenvalue weighted by molar-refractivity contribution is -0.143. The maximum absolute atomic E-state index is 12.7. The highest BCUT2D eigenvalue weighted by Crippen LogP contribution is 2.23. The number of carboxylic acid groups (broad SMARTS) is 1. The average Bonchev–Trinajstić information content (AvgIpc) is 3.11. The molecule has 0 spiro atoms. The number of nitrogens with zero attached hydrogens (tertiary/aromatic N) is 3. The molecule has 2 N–H and O–H groups in total. The summed E-state index contributed by atoms with van der Waals surface area (Å²) in [4.78, 5) is 29.9. The van der Waals surface area contributed by atoms with Crippen LogP contribution in [0.5, 0.6) is 0 Å². The number of likely N-dealkylation sites (tertiary alicyclic amines) is 1. The number of para-hydroxylation sites is 1. The smallest absolute Gasteiger partial charge is 0.318 e. The molecule has 3 atom stereocenters. The molecule has 1 aromatic carbocycles. The number of amides is 2. The van der Waals surface area contributed by atoms with Crippen LogP contribution >= 0.6 is 0 Å². The minimum atomic E-state index is -0.845. The van der Waals surface area contributed by atoms with E-state index in [0.717, 1.165) is 11.5 Å². The van der Waals surface area contributed by atoms with E-state index in [9.17, 15) is 14.7 Å². The minimum Gasteiger partial charge on any atom is -0.481 e. The molecule has 3 unspecified atom stereocenters. The summed E-state index contributed by atoms with van der Waals surface area (Å²) in [6, 6.07) is 9.23. The third kappa shape index (κ3) is 3.87. The highest BCUT2D eigenvalue weighted by molar-refractivity contribution is 5.77. The first-order valence-corrected chi connectivity index (χ1v) is 8.82. The number of nitrogens with one attached hydrogen (secondary N) is 1. The SMILES string of the molecule is CC1CC(C(=O)O)CN(C(=O)NC(C)c2nccn2-c2ccccc2)C1. The van der Waals surface area contributed by atoms with Crippen LogP contribution in [0, 0.1) is 11.8 Å². The van der Waals surface area contributed by atoms with Crippen molar-refractivity contribution in [2.45, 2.75) is 26.3 Å². The predicted octanol–water partition coefficient (Wildman–Crippen LogP) is 2.69. The molecule has 1 aliphatic rings. The number of benzene rings is 1. The zero-order valence-electron chi connectivity index (χ0n) is 15.0. The fourth-order valence-corrected chi connectivity index (χ4v) is 3.48. The summed E-state index contributed by atoms with van der Waals surface area (Å²) in [6.07, 6.45) is 4.16. The number of carboxylic acids is 1. The van der Waals surface area contributed by atoms with Crippen molar-refractivity contribution < 1.29 is 14.7 Å². The van der Waals surface area contributed by atoms with Gasteiger partial charge in [-0.15, -0.1) is 0 Å². The molecule has 2 aromatic rings. The second kappa shape index (κ2) is 7.59. The van der Waals surface area contributed by atoms with E-state index in [1.807, 2.05) is 54.9 Å². The predicted molar refractivity (Wildman–Crippen MR) is 97.0 cm³/mol. The fourth-order valence-electron chi connectivity index (χ4n) is 3.48. The normalized spacial score (nSPS) is 21.2. The number of hydrogen-bond donors (Lipinski definition) is 2. The second-order valence-electron chi connectivity index (χ2n) is 6.94. The van der Waals surface area contributed by atoms with Gasteiger partial charge in [-0.05, 0) is 31.4 Å². The molecule has 1 saturated heterocycles. The summed E-state index contributed by atoms with van der Waals surface area (Å²) in [6.45, 7) is 4.66. The lowest BCUT2D eigenvalue weighted by Gasteiger charge is -2.35. The molecule has 0 bridgehead atoms. The Balaban J connectivity index is 1.70. The number of rotatable bonds is 4. The van der Waals surface area contributed by atoms with Crippen LogP contribution in [0.15, 0.2) is 42.7 Å². The molecule has 2 amide bonds. The molecule has 1 aliphatic heterocycles. The first-order chi connectivity index (χ1) is 12.5. The van der Waals surface area contributed by atoms with Crippen LogP contribution in [0.4, 0.5) is 4.79 Å². The molecule has 3 rings (SSSR count). The Hall–Kier alpha value is -2.83. The van der Waals surface area contributed by atoms with E-state index >= 15 is 0 Å². The number of hydrogen-bond acceptors (Lipinski definition) is 3. The first-order valence-electron chi connectivity index (χ1n) is 8.82. The minimum absolute atomic E-state index is 0.164. The number of carbonyl (C=O) groups is 2. The molecular formula is C19H24N4O3. The van der Waals surface area contributed by atoms with Crippen LogP contribution in [0.3, 0.4) is 0 Å². The monoisotopic (exact) mass is 356 g/mol. The van der Waals surface area contributed by atoms with Gasteiger partial charge in [-0.2, -0.15) is 0 Å². The van der Waals surface area contributed by atoms with E-state index in [1.165, 1.54) is 0 Å². The van der Waals surface area contributed by atoms with Crippen molar-refractivity contribution in [1.82, 2.24) is 19.8 Å². The molecule has 0 saturated carbocycles. The zero-order valence-corrected chi connectivity index (χ0v) is 15.0. The van der Waals surface area contributed by atoms with Crippen molar-refractivity contribution in [3.63, 3.8) is 0 Å². The standard InChI is InChI=1S/C19H24N4O3/c1-13-10-15(18(24)25)12-22(11-13)19(26)21-14(2)17-20-8-9-23(17)16-6-4-3-5-7-16/h3-9,13-15H,10-12H2,1-2H3,(H,21,26)(H,24,25). The summed E-state index contributed by atoms with van der Waals surface area (Å²) < 4.78 is 1.93. The van der Waals surface area contributed by atoms with Gasteiger partial charge in [0.2, 0.25) is 0 Å². The maximum atomic E-state index is 12.7. The van der Waals surface area contributed by atoms with Gasteiger partial charge in [0.05, 0.1) is 12.0 Å². The van der Waals surface area contributed by atoms with Crippen LogP contribution in [0.25, 0.3) is 5.69 Å². The largest absolute Gasteiger partial charge is 0.481 e. The molecule has 0 aliphatic carbocycles. The van der Waals surface area contributed by atoms with E-state index in [1.54, 1.807) is 11.1 Å². The summed E-state index contributed by atoms with van der Waals surface area (Å²) in [5, 5.41) is 12.2. The van der Waals surface area contributed by atoms with E-state index in [0.29, 0.717) is 13.0 Å². The van der Waals surface area contributed by atoms with E-state index in [2.05, 4.69) is 10.3 Å². The Bertz CT molecular complexity index is 774. The van der Waals surface area contributed by atoms with Crippen molar-refractivity contribution in [1.29, 1.82) is 0 Å². The summed E-state index contributed by atoms with van der Waals surface area (Å²) in [7, 11) is 0. The highest BCUT2D eigenvalue weighted by Gasteiger charge is 2.32. The Morgan fingerprint density at radius 1 is 1.27 bits per heavy atom. The van der Waals surface area contributed by atoms with Crippen LogP contribution in [0.1, 0.15) is 32.1 Å². The van der Waals surface area contributed by atoms with Gasteiger partial charge in [0.15, 0.2) is 0 Å². The van der Waals surface area contributed by atoms with Gasteiger partial charge >= 0.3 is 12.0 Å². The first kappa shape index (κ1) is 18.0. The van der Waals surface area contributed by atoms with Gasteiger partial charge in [-0.25, -0.2) is 9.78 Å². The molecule has 138 valence electrons. The quantitative estimate of drug-likeness (QED) is 0.882. The van der Waals surface area contributed by atoms with Gasteiger partial charge in [-0.3, -0.25) is 4.79 Å². The third-order valence-corrected chi connectivity index (χ3v) is 4.73. The fraction of sp³-hybridized carbons (Fsp3) is 0.421. The van der Waals surface area contributed by atoms with Crippen molar-refractivity contribution >= 4 is 12.0 Å². The van der Waals surface area contributed by atoms with Crippen molar-refractivity contribution in [3.05, 3.63) is 48.5 Å². The molecule has 7 heteroatoms. The molecule has 2 heterocycles. The third-order valence-electron chi connectivity index (χ3n) is 4.73. The van der Waals surface area contributed by atoms with Crippen LogP contribution in [-0.2, 0) is 4.79 Å². The van der Waals surface area contributed by atoms with Crippen molar-refractivity contribution in [3.8, 4) is 5.69 Å². The van der Waals surface area contributed by atoms with Crippen LogP contribution in [0.2, 0.25) is 0 Å². The number of aromatic nitrogens is 2. The topological polar surface area (TPSA) is 87.5 Å². The summed E-state index contributed by atoms with van der Waals surface area (Å²) in [5.74, 6) is -0.463. The van der Waals surface area contributed by atoms with Crippen LogP contribution in [-0.4, -0.2) is 44.6 Å². The molecule has 26 heavy (non-hydrogen) atoms. The molecule has 1 aromatic heterocycles. The highest BCUT2D eigenvalue weighted by atomic mass is 16.4. The lowest BCUT2D eigenvalue weighted by Crippen LogP contribution is -2.50. The number of imidazole rings is 1. The Morgan fingerprint density at radius 3 is 2.69 bits per heavy atom. The van der Waals surface area contributed by atoms with Gasteiger partial charge in [0.1, 0.15) is 5.82 Å². The summed E-state index contributed by atoms with van der Waals surface area (Å²) >= 11 is 0. The number of piperidine rings is 1. The van der Waals surface area contributed by atoms with Gasteiger partial charge in [0, 0.05) is 31.2 Å². The van der Waals surface area contributed by atoms with Gasteiger partial charge in [-0.1, -0.05) is 25.1 Å². The molecular weight excluding hydrogens is 332 g/mol. The Labute approximate surface area is 152 Å². The summed E-state index contributed by atoms with van der Waals surface area (Å²) in [5.41, 5.74) is 0.971. The number of aliphatic carboxylic acids is 1. The van der Waals surface area contributed by atoms with Gasteiger partial charge in [0.25, 0.3) is 0 Å². The molecule has 1 fully saturated rings. The lowest BCUT2D eigenvalue weighted by atomic mass is 9.91. The van der Waals surface area contributed by atoms with Crippen molar-refractivity contribution in [2.24, 2.45) is 11.8 Å². The van der Waals surface area contributed by atoms with Gasteiger partial charge < -0.3 is 19.9 Å². The number of carbonyl (C=O) groups excluding carboxylic acids is 1. The number of urea groups is 1. The van der Waals surface area contributed by atoms with E-state index in [4.69, 9.17) is 0 Å². The zero-order chi connectivity index (χ0) is 18.7. The van der Waals surface area contributed by atoms with E-state index in [-0.39, 0.29) is 24.5 Å². The molecule has 7 nitrogen and oxygen atoms in total. The maximum Gasteiger partial charge on any atom is 0.318 e. The van der Waals surface area contributed by atoms with E-state index < -0.39 is 11.9 Å². The Kier molecular flexibility index (Phi) is 5.25. The van der Waals surface area contributed by atoms with Crippen LogP contribution < -0.4 is 5.32 Å².